The van der Waals surface area contributed by atoms with E-state index in [4.69, 9.17) is 0 Å². The van der Waals surface area contributed by atoms with Gasteiger partial charge in [-0.1, -0.05) is 97.1 Å². The van der Waals surface area contributed by atoms with Crippen LogP contribution >= 0.6 is 0 Å². The van der Waals surface area contributed by atoms with E-state index in [1.165, 1.54) is 89.1 Å². The Morgan fingerprint density at radius 3 is 0.425 bits per heavy atom. The lowest BCUT2D eigenvalue weighted by Gasteiger charge is -2.06. The van der Waals surface area contributed by atoms with E-state index < -0.39 is 0 Å². The molecule has 0 saturated heterocycles. The first kappa shape index (κ1) is 21.7. The van der Waals surface area contributed by atoms with Crippen molar-refractivity contribution in [3.8, 4) is 0 Å². The predicted octanol–water partition coefficient (Wildman–Crippen LogP) is 9.92. The van der Waals surface area contributed by atoms with E-state index in [0.717, 1.165) is 0 Å². The highest BCUT2D eigenvalue weighted by Gasteiger charge is 2.25. The molecule has 4 aromatic rings. The van der Waals surface area contributed by atoms with Gasteiger partial charge in [0.15, 0.2) is 0 Å². The van der Waals surface area contributed by atoms with Crippen LogP contribution in [0.15, 0.2) is 146 Å². The van der Waals surface area contributed by atoms with Gasteiger partial charge in [0.1, 0.15) is 0 Å². The van der Waals surface area contributed by atoms with Crippen LogP contribution < -0.4 is 0 Å². The first-order chi connectivity index (χ1) is 19.8. The normalized spacial score (nSPS) is 17.2. The summed E-state index contributed by atoms with van der Waals surface area (Å²) in [6.45, 7) is 0. The number of benzene rings is 4. The predicted molar refractivity (Wildman–Crippen MR) is 170 cm³/mol. The van der Waals surface area contributed by atoms with E-state index in [0.29, 0.717) is 0 Å². The van der Waals surface area contributed by atoms with Gasteiger partial charge in [0.25, 0.3) is 0 Å². The molecule has 8 bridgehead atoms. The highest BCUT2D eigenvalue weighted by Crippen LogP contribution is 2.47. The minimum absolute atomic E-state index is 1.26. The second kappa shape index (κ2) is 8.15. The maximum atomic E-state index is 2.38. The number of allylic oxidation sites excluding steroid dienone is 16. The molecule has 184 valence electrons. The molecule has 5 aliphatic rings. The third kappa shape index (κ3) is 3.14. The van der Waals surface area contributed by atoms with Crippen LogP contribution in [0.1, 0.15) is 44.5 Å². The van der Waals surface area contributed by atoms with Gasteiger partial charge in [0, 0.05) is 0 Å². The molecule has 0 aliphatic heterocycles. The van der Waals surface area contributed by atoms with Crippen molar-refractivity contribution in [3.63, 3.8) is 0 Å². The molecule has 0 aromatic heterocycles. The van der Waals surface area contributed by atoms with Crippen LogP contribution in [0, 0.1) is 0 Å². The first-order valence-corrected chi connectivity index (χ1v) is 13.9. The molecular formula is C40H24. The van der Waals surface area contributed by atoms with Crippen molar-refractivity contribution in [2.45, 2.75) is 0 Å². The second-order valence-corrected chi connectivity index (χ2v) is 11.0. The monoisotopic (exact) mass is 504 g/mol. The standard InChI is InChI=1S/C40H24/c1-2-10-34-26-17-25(33(34)9-1)21-27-18-29(37-13-4-3-11-35(27)37)23-31-20-32(40-16-8-7-15-39(31)40)24-30-19-28(22-26)36-12-5-6-14-38(30)36/h1-24H. The molecule has 5 aliphatic carbocycles. The number of hydrogen-bond donors (Lipinski definition) is 0. The molecule has 0 nitrogen and oxygen atoms in total. The Kier molecular flexibility index (Phi) is 4.42. The van der Waals surface area contributed by atoms with Gasteiger partial charge in [-0.3, -0.25) is 0 Å². The van der Waals surface area contributed by atoms with Crippen LogP contribution in [0.5, 0.6) is 0 Å². The molecule has 0 spiro atoms. The van der Waals surface area contributed by atoms with Crippen molar-refractivity contribution < 1.29 is 0 Å². The Morgan fingerprint density at radius 1 is 0.175 bits per heavy atom. The zero-order valence-corrected chi connectivity index (χ0v) is 21.9. The molecule has 0 heterocycles. The van der Waals surface area contributed by atoms with Crippen LogP contribution in [-0.2, 0) is 0 Å². The molecule has 0 radical (unpaired) electrons. The summed E-state index contributed by atoms with van der Waals surface area (Å²) in [6.07, 6.45) is 19.0. The summed E-state index contributed by atoms with van der Waals surface area (Å²) in [5.74, 6) is 0. The number of rotatable bonds is 0. The average Bonchev–Trinajstić information content (AvgIpc) is 3.73. The third-order valence-electron chi connectivity index (χ3n) is 8.68. The molecule has 0 N–H and O–H groups in total. The molecule has 9 rings (SSSR count). The van der Waals surface area contributed by atoms with Crippen molar-refractivity contribution >= 4 is 44.6 Å². The quantitative estimate of drug-likeness (QED) is 0.223. The van der Waals surface area contributed by atoms with Crippen LogP contribution in [0.2, 0.25) is 0 Å². The average molecular weight is 505 g/mol. The van der Waals surface area contributed by atoms with Gasteiger partial charge in [-0.15, -0.1) is 0 Å². The topological polar surface area (TPSA) is 0 Å². The SMILES string of the molecule is C1=C2C=C3C=C(C=C4C=C(C=C5C=C(C=C1c1ccccc12)c1ccccc15)c1ccccc14)c1ccccc13. The molecule has 40 heavy (non-hydrogen) atoms. The van der Waals surface area contributed by atoms with Crippen LogP contribution in [-0.4, -0.2) is 0 Å². The van der Waals surface area contributed by atoms with E-state index in [1.807, 2.05) is 0 Å². The number of hydrogen-bond acceptors (Lipinski definition) is 0. The fraction of sp³-hybridized carbons (Fsp3) is 0. The lowest BCUT2D eigenvalue weighted by Crippen LogP contribution is -1.86. The Morgan fingerprint density at radius 2 is 0.300 bits per heavy atom. The summed E-state index contributed by atoms with van der Waals surface area (Å²) >= 11 is 0. The van der Waals surface area contributed by atoms with Gasteiger partial charge in [0.2, 0.25) is 0 Å². The molecule has 0 amide bonds. The van der Waals surface area contributed by atoms with Crippen molar-refractivity contribution in [1.82, 2.24) is 0 Å². The Hall–Kier alpha value is -5.20. The molecule has 0 unspecified atom stereocenters. The highest BCUT2D eigenvalue weighted by molar-refractivity contribution is 6.13. The highest BCUT2D eigenvalue weighted by atomic mass is 14.3. The largest absolute Gasteiger partial charge is 0.0616 e. The maximum absolute atomic E-state index is 2.38. The smallest absolute Gasteiger partial charge is 0.0105 e. The van der Waals surface area contributed by atoms with Crippen LogP contribution in [0.4, 0.5) is 0 Å². The van der Waals surface area contributed by atoms with Crippen LogP contribution in [0.25, 0.3) is 44.6 Å². The van der Waals surface area contributed by atoms with Gasteiger partial charge in [-0.2, -0.15) is 0 Å². The van der Waals surface area contributed by atoms with E-state index in [2.05, 4.69) is 146 Å². The summed E-state index contributed by atoms with van der Waals surface area (Å²) in [5.41, 5.74) is 20.5. The minimum atomic E-state index is 1.26. The van der Waals surface area contributed by atoms with Gasteiger partial charge >= 0.3 is 0 Å². The Labute approximate surface area is 234 Å². The zero-order chi connectivity index (χ0) is 26.2. The summed E-state index contributed by atoms with van der Waals surface area (Å²) in [7, 11) is 0. The summed E-state index contributed by atoms with van der Waals surface area (Å²) < 4.78 is 0. The molecule has 0 fully saturated rings. The Balaban J connectivity index is 1.36. The lowest BCUT2D eigenvalue weighted by atomic mass is 9.98. The van der Waals surface area contributed by atoms with E-state index in [9.17, 15) is 0 Å². The van der Waals surface area contributed by atoms with Gasteiger partial charge in [-0.05, 0) is 138 Å². The molecule has 4 aromatic carbocycles. The van der Waals surface area contributed by atoms with Gasteiger partial charge in [-0.25, -0.2) is 0 Å². The van der Waals surface area contributed by atoms with Crippen molar-refractivity contribution in [2.75, 3.05) is 0 Å². The maximum Gasteiger partial charge on any atom is -0.0105 e. The lowest BCUT2D eigenvalue weighted by molar-refractivity contribution is 1.57. The fourth-order valence-electron chi connectivity index (χ4n) is 6.86. The summed E-state index contributed by atoms with van der Waals surface area (Å²) in [6, 6.07) is 35.2. The molecule has 0 heteroatoms. The fourth-order valence-corrected chi connectivity index (χ4v) is 6.86. The zero-order valence-electron chi connectivity index (χ0n) is 21.9. The van der Waals surface area contributed by atoms with E-state index >= 15 is 0 Å². The number of fused-ring (bicyclic) bond motifs is 16. The Bertz CT molecular complexity index is 1760. The van der Waals surface area contributed by atoms with Crippen molar-refractivity contribution in [3.05, 3.63) is 190 Å². The minimum Gasteiger partial charge on any atom is -0.0616 e. The van der Waals surface area contributed by atoms with Crippen LogP contribution in [0.3, 0.4) is 0 Å². The summed E-state index contributed by atoms with van der Waals surface area (Å²) in [5, 5.41) is 0. The molecule has 0 saturated carbocycles. The molecular weight excluding hydrogens is 480 g/mol. The molecule has 0 atom stereocenters. The van der Waals surface area contributed by atoms with Gasteiger partial charge < -0.3 is 0 Å². The first-order valence-electron chi connectivity index (χ1n) is 13.9. The summed E-state index contributed by atoms with van der Waals surface area (Å²) in [4.78, 5) is 0. The van der Waals surface area contributed by atoms with Crippen molar-refractivity contribution in [1.29, 1.82) is 0 Å². The second-order valence-electron chi connectivity index (χ2n) is 11.0. The third-order valence-corrected chi connectivity index (χ3v) is 8.68. The van der Waals surface area contributed by atoms with E-state index in [1.54, 1.807) is 0 Å². The van der Waals surface area contributed by atoms with Crippen molar-refractivity contribution in [2.24, 2.45) is 0 Å². The van der Waals surface area contributed by atoms with E-state index in [-0.39, 0.29) is 0 Å². The van der Waals surface area contributed by atoms with Gasteiger partial charge in [0.05, 0.1) is 0 Å².